The van der Waals surface area contributed by atoms with E-state index < -0.39 is 17.9 Å². The number of alkyl halides is 3. The Morgan fingerprint density at radius 2 is 2.13 bits per heavy atom. The molecule has 1 atom stereocenters. The number of hydrogen-bond donors (Lipinski definition) is 2. The van der Waals surface area contributed by atoms with Crippen LogP contribution >= 0.6 is 0 Å². The summed E-state index contributed by atoms with van der Waals surface area (Å²) in [7, 11) is 0. The van der Waals surface area contributed by atoms with Gasteiger partial charge in [0.25, 0.3) is 0 Å². The van der Waals surface area contributed by atoms with Gasteiger partial charge in [0.1, 0.15) is 17.8 Å². The molecule has 2 amide bonds. The lowest BCUT2D eigenvalue weighted by Gasteiger charge is -2.23. The first-order valence-electron chi connectivity index (χ1n) is 6.92. The third kappa shape index (κ3) is 3.41. The van der Waals surface area contributed by atoms with Gasteiger partial charge in [-0.25, -0.2) is 19.4 Å². The van der Waals surface area contributed by atoms with E-state index in [0.29, 0.717) is 5.82 Å². The second-order valence-corrected chi connectivity index (χ2v) is 5.06. The number of pyridine rings is 1. The summed E-state index contributed by atoms with van der Waals surface area (Å²) >= 11 is 0. The predicted molar refractivity (Wildman–Crippen MR) is 73.4 cm³/mol. The molecule has 7 nitrogen and oxygen atoms in total. The third-order valence-corrected chi connectivity index (χ3v) is 3.44. The summed E-state index contributed by atoms with van der Waals surface area (Å²) in [6.45, 7) is 0.748. The molecule has 23 heavy (non-hydrogen) atoms. The van der Waals surface area contributed by atoms with Crippen LogP contribution in [0.3, 0.4) is 0 Å². The molecule has 0 saturated carbocycles. The minimum atomic E-state index is -4.51. The first-order chi connectivity index (χ1) is 10.9. The van der Waals surface area contributed by atoms with E-state index in [1.165, 1.54) is 6.33 Å². The maximum absolute atomic E-state index is 12.4. The fourth-order valence-electron chi connectivity index (χ4n) is 2.39. The van der Waals surface area contributed by atoms with Crippen molar-refractivity contribution in [2.24, 2.45) is 0 Å². The van der Waals surface area contributed by atoms with E-state index >= 15 is 0 Å². The van der Waals surface area contributed by atoms with E-state index in [2.05, 4.69) is 25.7 Å². The highest BCUT2D eigenvalue weighted by Crippen LogP contribution is 2.28. The topological polar surface area (TPSA) is 84.7 Å². The molecule has 2 aromatic heterocycles. The summed E-state index contributed by atoms with van der Waals surface area (Å²) in [5.41, 5.74) is -0.836. The standard InChI is InChI=1S/C13H13F3N6O/c14-13(15,16)10-4-3-8(6-17-10)20-12(23)21-9-2-1-5-22-11(9)18-7-19-22/h3-4,6-7,9H,1-2,5H2,(H2,20,21,23). The maximum Gasteiger partial charge on any atom is 0.433 e. The van der Waals surface area contributed by atoms with Crippen LogP contribution in [0.2, 0.25) is 0 Å². The zero-order chi connectivity index (χ0) is 16.4. The molecule has 0 fully saturated rings. The van der Waals surface area contributed by atoms with Crippen LogP contribution in [0.4, 0.5) is 23.7 Å². The lowest BCUT2D eigenvalue weighted by Crippen LogP contribution is -2.36. The highest BCUT2D eigenvalue weighted by molar-refractivity contribution is 5.89. The van der Waals surface area contributed by atoms with Gasteiger partial charge < -0.3 is 10.6 Å². The van der Waals surface area contributed by atoms with Crippen molar-refractivity contribution < 1.29 is 18.0 Å². The molecule has 1 unspecified atom stereocenters. The van der Waals surface area contributed by atoms with Gasteiger partial charge in [0.2, 0.25) is 0 Å². The quantitative estimate of drug-likeness (QED) is 0.887. The van der Waals surface area contributed by atoms with Gasteiger partial charge in [-0.2, -0.15) is 18.3 Å². The lowest BCUT2D eigenvalue weighted by molar-refractivity contribution is -0.141. The number of carbonyl (C=O) groups is 1. The van der Waals surface area contributed by atoms with Crippen molar-refractivity contribution >= 4 is 11.7 Å². The lowest BCUT2D eigenvalue weighted by atomic mass is 10.1. The van der Waals surface area contributed by atoms with Crippen LogP contribution in [0.5, 0.6) is 0 Å². The molecule has 1 aliphatic rings. The Balaban J connectivity index is 1.62. The van der Waals surface area contributed by atoms with Gasteiger partial charge in [0.15, 0.2) is 0 Å². The molecule has 3 rings (SSSR count). The van der Waals surface area contributed by atoms with Crippen LogP contribution in [0.15, 0.2) is 24.7 Å². The summed E-state index contributed by atoms with van der Waals surface area (Å²) in [4.78, 5) is 19.4. The Labute approximate surface area is 128 Å². The number of nitrogens with zero attached hydrogens (tertiary/aromatic N) is 4. The summed E-state index contributed by atoms with van der Waals surface area (Å²) in [6, 6.07) is 1.15. The molecule has 1 aliphatic heterocycles. The molecular weight excluding hydrogens is 313 g/mol. The van der Waals surface area contributed by atoms with Gasteiger partial charge in [-0.1, -0.05) is 0 Å². The van der Waals surface area contributed by atoms with Crippen LogP contribution in [0.25, 0.3) is 0 Å². The van der Waals surface area contributed by atoms with Gasteiger partial charge >= 0.3 is 12.2 Å². The molecule has 0 bridgehead atoms. The van der Waals surface area contributed by atoms with Gasteiger partial charge in [-0.3, -0.25) is 0 Å². The summed E-state index contributed by atoms with van der Waals surface area (Å²) in [6.07, 6.45) is -0.549. The number of hydrogen-bond acceptors (Lipinski definition) is 4. The number of fused-ring (bicyclic) bond motifs is 1. The Morgan fingerprint density at radius 1 is 1.30 bits per heavy atom. The molecule has 0 aromatic carbocycles. The van der Waals surface area contributed by atoms with Gasteiger partial charge in [0, 0.05) is 6.54 Å². The number of rotatable bonds is 2. The molecule has 122 valence electrons. The second-order valence-electron chi connectivity index (χ2n) is 5.06. The first kappa shape index (κ1) is 15.3. The van der Waals surface area contributed by atoms with Gasteiger partial charge in [-0.05, 0) is 25.0 Å². The van der Waals surface area contributed by atoms with Gasteiger partial charge in [0.05, 0.1) is 17.9 Å². The number of aryl methyl sites for hydroxylation is 1. The number of urea groups is 1. The van der Waals surface area contributed by atoms with E-state index in [4.69, 9.17) is 0 Å². The van der Waals surface area contributed by atoms with E-state index in [9.17, 15) is 18.0 Å². The van der Waals surface area contributed by atoms with E-state index in [1.807, 2.05) is 0 Å². The van der Waals surface area contributed by atoms with Gasteiger partial charge in [-0.15, -0.1) is 0 Å². The van der Waals surface area contributed by atoms with Crippen LogP contribution in [-0.4, -0.2) is 25.8 Å². The number of halogens is 3. The fourth-order valence-corrected chi connectivity index (χ4v) is 2.39. The predicted octanol–water partition coefficient (Wildman–Crippen LogP) is 2.35. The largest absolute Gasteiger partial charge is 0.433 e. The molecule has 0 aliphatic carbocycles. The first-order valence-corrected chi connectivity index (χ1v) is 6.92. The van der Waals surface area contributed by atoms with Crippen molar-refractivity contribution in [1.29, 1.82) is 0 Å². The highest BCUT2D eigenvalue weighted by atomic mass is 19.4. The van der Waals surface area contributed by atoms with Crippen LogP contribution in [0, 0.1) is 0 Å². The number of nitrogens with one attached hydrogen (secondary N) is 2. The Bertz CT molecular complexity index is 696. The Hall–Kier alpha value is -2.65. The molecule has 0 radical (unpaired) electrons. The molecule has 10 heteroatoms. The average Bonchev–Trinajstić information content (AvgIpc) is 2.96. The minimum Gasteiger partial charge on any atom is -0.328 e. The number of amides is 2. The number of aromatic nitrogens is 4. The number of anilines is 1. The van der Waals surface area contributed by atoms with Crippen LogP contribution in [-0.2, 0) is 12.7 Å². The summed E-state index contributed by atoms with van der Waals surface area (Å²) < 4.78 is 39.0. The SMILES string of the molecule is O=C(Nc1ccc(C(F)(F)F)nc1)NC1CCCn2ncnc21. The smallest absolute Gasteiger partial charge is 0.328 e. The van der Waals surface area contributed by atoms with E-state index in [1.54, 1.807) is 4.68 Å². The normalized spacial score (nSPS) is 17.4. The molecule has 2 aromatic rings. The third-order valence-electron chi connectivity index (χ3n) is 3.44. The summed E-state index contributed by atoms with van der Waals surface area (Å²) in [5.74, 6) is 0.664. The van der Waals surface area contributed by atoms with Crippen molar-refractivity contribution in [3.05, 3.63) is 36.2 Å². The Morgan fingerprint density at radius 3 is 2.83 bits per heavy atom. The molecule has 0 saturated heterocycles. The van der Waals surface area contributed by atoms with Crippen molar-refractivity contribution in [2.45, 2.75) is 31.6 Å². The minimum absolute atomic E-state index is 0.174. The van der Waals surface area contributed by atoms with Crippen LogP contribution in [0.1, 0.15) is 30.4 Å². The highest BCUT2D eigenvalue weighted by Gasteiger charge is 2.32. The summed E-state index contributed by atoms with van der Waals surface area (Å²) in [5, 5.41) is 9.23. The zero-order valence-electron chi connectivity index (χ0n) is 11.8. The van der Waals surface area contributed by atoms with Crippen molar-refractivity contribution in [2.75, 3.05) is 5.32 Å². The van der Waals surface area contributed by atoms with E-state index in [0.717, 1.165) is 37.7 Å². The van der Waals surface area contributed by atoms with Crippen molar-refractivity contribution in [3.8, 4) is 0 Å². The molecule has 2 N–H and O–H groups in total. The van der Waals surface area contributed by atoms with E-state index in [-0.39, 0.29) is 11.7 Å². The zero-order valence-corrected chi connectivity index (χ0v) is 11.8. The average molecular weight is 326 g/mol. The van der Waals surface area contributed by atoms with Crippen molar-refractivity contribution in [1.82, 2.24) is 25.1 Å². The van der Waals surface area contributed by atoms with Crippen molar-refractivity contribution in [3.63, 3.8) is 0 Å². The fraction of sp³-hybridized carbons (Fsp3) is 0.385. The Kier molecular flexibility index (Phi) is 3.89. The number of carbonyl (C=O) groups excluding carboxylic acids is 1. The molecular formula is C13H13F3N6O. The maximum atomic E-state index is 12.4. The molecule has 3 heterocycles. The van der Waals surface area contributed by atoms with Crippen LogP contribution < -0.4 is 10.6 Å². The monoisotopic (exact) mass is 326 g/mol. The molecule has 0 spiro atoms. The second kappa shape index (κ2) is 5.86.